The molecule has 1 fully saturated rings. The zero-order chi connectivity index (χ0) is 25.3. The van der Waals surface area contributed by atoms with E-state index in [1.807, 2.05) is 6.92 Å². The van der Waals surface area contributed by atoms with Gasteiger partial charge in [-0.1, -0.05) is 20.8 Å². The molecule has 1 amide bonds. The van der Waals surface area contributed by atoms with Gasteiger partial charge in [-0.2, -0.15) is 0 Å². The van der Waals surface area contributed by atoms with Crippen LogP contribution in [0.25, 0.3) is 0 Å². The molecule has 9 heteroatoms. The number of aliphatic hydroxyl groups is 3. The number of carbonyl (C=O) groups excluding carboxylic acids is 2. The fraction of sp³-hybridized carbons (Fsp3) is 0.680. The monoisotopic (exact) mass is 481 g/mol. The van der Waals surface area contributed by atoms with Crippen LogP contribution in [0.3, 0.4) is 0 Å². The smallest absolute Gasteiger partial charge is 0.251 e. The number of ether oxygens (including phenoxy) is 3. The molecule has 1 aliphatic heterocycles. The Morgan fingerprint density at radius 2 is 1.79 bits per heavy atom. The molecule has 0 bridgehead atoms. The summed E-state index contributed by atoms with van der Waals surface area (Å²) >= 11 is 0. The Labute approximate surface area is 201 Å². The van der Waals surface area contributed by atoms with Crippen LogP contribution < -0.4 is 10.1 Å². The lowest BCUT2D eigenvalue weighted by Crippen LogP contribution is -2.64. The van der Waals surface area contributed by atoms with E-state index in [1.165, 1.54) is 7.11 Å². The summed E-state index contributed by atoms with van der Waals surface area (Å²) in [5.41, 5.74) is 0.342. The van der Waals surface area contributed by atoms with E-state index in [2.05, 4.69) is 19.2 Å². The molecular formula is C25H39NO8. The molecule has 0 spiro atoms. The van der Waals surface area contributed by atoms with Gasteiger partial charge in [-0.15, -0.1) is 0 Å². The number of ketones is 1. The zero-order valence-corrected chi connectivity index (χ0v) is 20.5. The molecule has 1 aromatic rings. The Kier molecular flexibility index (Phi) is 11.4. The Morgan fingerprint density at radius 1 is 1.12 bits per heavy atom. The summed E-state index contributed by atoms with van der Waals surface area (Å²) < 4.78 is 16.6. The molecule has 192 valence electrons. The predicted molar refractivity (Wildman–Crippen MR) is 125 cm³/mol. The third-order valence-corrected chi connectivity index (χ3v) is 6.20. The average Bonchev–Trinajstić information content (AvgIpc) is 2.82. The van der Waals surface area contributed by atoms with Gasteiger partial charge in [-0.25, -0.2) is 0 Å². The minimum absolute atomic E-state index is 0.254. The molecule has 7 atom stereocenters. The minimum Gasteiger partial charge on any atom is -0.497 e. The summed E-state index contributed by atoms with van der Waals surface area (Å²) in [6.07, 6.45) is -2.20. The van der Waals surface area contributed by atoms with Gasteiger partial charge in [0.2, 0.25) is 0 Å². The molecule has 0 aliphatic carbocycles. The second-order valence-electron chi connectivity index (χ2n) is 9.14. The van der Waals surface area contributed by atoms with Crippen molar-refractivity contribution in [1.29, 1.82) is 0 Å². The fourth-order valence-electron chi connectivity index (χ4n) is 4.16. The van der Waals surface area contributed by atoms with E-state index >= 15 is 0 Å². The van der Waals surface area contributed by atoms with Crippen LogP contribution in [0.2, 0.25) is 0 Å². The van der Waals surface area contributed by atoms with Crippen molar-refractivity contribution in [3.05, 3.63) is 29.8 Å². The van der Waals surface area contributed by atoms with Crippen molar-refractivity contribution in [3.63, 3.8) is 0 Å². The Balaban J connectivity index is 1.98. The van der Waals surface area contributed by atoms with Gasteiger partial charge >= 0.3 is 0 Å². The van der Waals surface area contributed by atoms with Crippen LogP contribution in [-0.4, -0.2) is 78.0 Å². The van der Waals surface area contributed by atoms with Crippen LogP contribution in [-0.2, 0) is 14.3 Å². The van der Waals surface area contributed by atoms with E-state index in [0.717, 1.165) is 6.42 Å². The third kappa shape index (κ3) is 8.02. The van der Waals surface area contributed by atoms with Crippen LogP contribution in [0.15, 0.2) is 24.3 Å². The van der Waals surface area contributed by atoms with Crippen LogP contribution in [0.4, 0.5) is 0 Å². The first-order valence-corrected chi connectivity index (χ1v) is 11.9. The quantitative estimate of drug-likeness (QED) is 0.334. The van der Waals surface area contributed by atoms with E-state index in [4.69, 9.17) is 14.2 Å². The number of amides is 1. The second kappa shape index (κ2) is 13.7. The maximum atomic E-state index is 12.7. The SMILES string of the molecule is CCC(=O)CC(C)CC(C)CCO[C@@H]1OC(CO)[C@@H](O)C(O)C1NC(=O)c1ccc(OC)cc1. The molecule has 1 heterocycles. The molecule has 34 heavy (non-hydrogen) atoms. The summed E-state index contributed by atoms with van der Waals surface area (Å²) in [4.78, 5) is 24.4. The first kappa shape index (κ1) is 28.2. The Bertz CT molecular complexity index is 771. The number of hydrogen-bond acceptors (Lipinski definition) is 8. The molecule has 1 aromatic carbocycles. The molecule has 5 unspecified atom stereocenters. The van der Waals surface area contributed by atoms with Gasteiger partial charge in [-0.05, 0) is 48.9 Å². The van der Waals surface area contributed by atoms with E-state index in [0.29, 0.717) is 36.5 Å². The van der Waals surface area contributed by atoms with E-state index in [9.17, 15) is 24.9 Å². The van der Waals surface area contributed by atoms with Gasteiger partial charge in [0.15, 0.2) is 6.29 Å². The van der Waals surface area contributed by atoms with Crippen molar-refractivity contribution >= 4 is 11.7 Å². The number of benzene rings is 1. The Morgan fingerprint density at radius 3 is 2.38 bits per heavy atom. The highest BCUT2D eigenvalue weighted by Gasteiger charge is 2.45. The van der Waals surface area contributed by atoms with Crippen LogP contribution in [0, 0.1) is 11.8 Å². The predicted octanol–water partition coefficient (Wildman–Crippen LogP) is 1.67. The zero-order valence-electron chi connectivity index (χ0n) is 20.5. The highest BCUT2D eigenvalue weighted by Crippen LogP contribution is 2.24. The molecule has 9 nitrogen and oxygen atoms in total. The summed E-state index contributed by atoms with van der Waals surface area (Å²) in [5.74, 6) is 0.953. The van der Waals surface area contributed by atoms with Crippen LogP contribution in [0.1, 0.15) is 56.8 Å². The van der Waals surface area contributed by atoms with Crippen molar-refractivity contribution in [3.8, 4) is 5.75 Å². The number of rotatable bonds is 13. The van der Waals surface area contributed by atoms with Crippen molar-refractivity contribution in [2.75, 3.05) is 20.3 Å². The highest BCUT2D eigenvalue weighted by molar-refractivity contribution is 5.94. The molecule has 0 aromatic heterocycles. The van der Waals surface area contributed by atoms with Gasteiger partial charge in [0.05, 0.1) is 20.3 Å². The number of Topliss-reactive ketones (excluding diaryl/α,β-unsaturated/α-hetero) is 1. The number of nitrogens with one attached hydrogen (secondary N) is 1. The van der Waals surface area contributed by atoms with Gasteiger partial charge in [-0.3, -0.25) is 9.59 Å². The summed E-state index contributed by atoms with van der Waals surface area (Å²) in [5, 5.41) is 33.1. The van der Waals surface area contributed by atoms with Gasteiger partial charge in [0, 0.05) is 18.4 Å². The lowest BCUT2D eigenvalue weighted by atomic mass is 9.91. The molecular weight excluding hydrogens is 442 g/mol. The van der Waals surface area contributed by atoms with E-state index in [-0.39, 0.29) is 18.3 Å². The topological polar surface area (TPSA) is 135 Å². The van der Waals surface area contributed by atoms with Crippen molar-refractivity contribution < 1.29 is 39.1 Å². The standard InChI is InChI=1S/C25H39NO8/c1-5-18(28)13-16(3)12-15(2)10-11-33-25-21(23(30)22(29)20(14-27)34-25)26-24(31)17-6-8-19(32-4)9-7-17/h6-9,15-16,20-23,25,27,29-30H,5,10-14H2,1-4H3,(H,26,31)/t15?,16?,20?,21?,22-,23?,25-/m1/s1. The van der Waals surface area contributed by atoms with Crippen molar-refractivity contribution in [1.82, 2.24) is 5.32 Å². The third-order valence-electron chi connectivity index (χ3n) is 6.20. The maximum Gasteiger partial charge on any atom is 0.251 e. The first-order valence-electron chi connectivity index (χ1n) is 11.9. The average molecular weight is 482 g/mol. The number of carbonyl (C=O) groups is 2. The van der Waals surface area contributed by atoms with Crippen molar-refractivity contribution in [2.24, 2.45) is 11.8 Å². The summed E-state index contributed by atoms with van der Waals surface area (Å²) in [6, 6.07) is 5.41. The summed E-state index contributed by atoms with van der Waals surface area (Å²) in [7, 11) is 1.53. The molecule has 0 saturated carbocycles. The van der Waals surface area contributed by atoms with Gasteiger partial charge < -0.3 is 34.8 Å². The molecule has 2 rings (SSSR count). The van der Waals surface area contributed by atoms with Crippen LogP contribution >= 0.6 is 0 Å². The molecule has 1 saturated heterocycles. The molecule has 0 radical (unpaired) electrons. The fourth-order valence-corrected chi connectivity index (χ4v) is 4.16. The largest absolute Gasteiger partial charge is 0.497 e. The van der Waals surface area contributed by atoms with E-state index < -0.39 is 43.2 Å². The minimum atomic E-state index is -1.39. The normalized spacial score (nSPS) is 26.5. The number of hydrogen-bond donors (Lipinski definition) is 4. The molecule has 4 N–H and O–H groups in total. The maximum absolute atomic E-state index is 12.7. The second-order valence-corrected chi connectivity index (χ2v) is 9.14. The molecule has 1 aliphatic rings. The highest BCUT2D eigenvalue weighted by atomic mass is 16.7. The summed E-state index contributed by atoms with van der Waals surface area (Å²) in [6.45, 7) is 5.79. The van der Waals surface area contributed by atoms with E-state index in [1.54, 1.807) is 24.3 Å². The van der Waals surface area contributed by atoms with Gasteiger partial charge in [0.25, 0.3) is 5.91 Å². The lowest BCUT2D eigenvalue weighted by Gasteiger charge is -2.42. The lowest BCUT2D eigenvalue weighted by molar-refractivity contribution is -0.269. The number of methoxy groups -OCH3 is 1. The Hall–Kier alpha value is -2.04. The number of aliphatic hydroxyl groups excluding tert-OH is 3. The van der Waals surface area contributed by atoms with Crippen molar-refractivity contribution in [2.45, 2.75) is 77.1 Å². The van der Waals surface area contributed by atoms with Crippen LogP contribution in [0.5, 0.6) is 5.75 Å². The van der Waals surface area contributed by atoms with Gasteiger partial charge in [0.1, 0.15) is 35.9 Å². The first-order chi connectivity index (χ1) is 16.2.